The number of carbonyl (C=O) groups is 2. The molecule has 1 saturated heterocycles. The van der Waals surface area contributed by atoms with Gasteiger partial charge in [-0.3, -0.25) is 14.5 Å². The predicted octanol–water partition coefficient (Wildman–Crippen LogP) is 3.25. The molecule has 1 aromatic carbocycles. The zero-order chi connectivity index (χ0) is 16.8. The largest absolute Gasteiger partial charge is 0.341 e. The fraction of sp³-hybridized carbons (Fsp3) is 0.556. The van der Waals surface area contributed by atoms with E-state index in [1.54, 1.807) is 24.3 Å². The third kappa shape index (κ3) is 5.33. The minimum absolute atomic E-state index is 0.00588. The van der Waals surface area contributed by atoms with Gasteiger partial charge in [-0.05, 0) is 44.5 Å². The first-order valence-electron chi connectivity index (χ1n) is 8.28. The van der Waals surface area contributed by atoms with Crippen LogP contribution in [0.4, 0.5) is 0 Å². The summed E-state index contributed by atoms with van der Waals surface area (Å²) in [6, 6.07) is 7.33. The Bertz CT molecular complexity index is 542. The molecule has 2 rings (SSSR count). The number of halogens is 1. The number of amides is 1. The van der Waals surface area contributed by atoms with Crippen LogP contribution < -0.4 is 0 Å². The van der Waals surface area contributed by atoms with E-state index < -0.39 is 0 Å². The highest BCUT2D eigenvalue weighted by molar-refractivity contribution is 6.30. The van der Waals surface area contributed by atoms with Crippen LogP contribution in [-0.2, 0) is 4.79 Å². The molecule has 1 aliphatic heterocycles. The van der Waals surface area contributed by atoms with Gasteiger partial charge in [0, 0.05) is 55.6 Å². The second-order valence-corrected chi connectivity index (χ2v) is 6.73. The highest BCUT2D eigenvalue weighted by Gasteiger charge is 2.21. The van der Waals surface area contributed by atoms with Crippen LogP contribution in [0.3, 0.4) is 0 Å². The fourth-order valence-electron chi connectivity index (χ4n) is 2.86. The van der Waals surface area contributed by atoms with Crippen LogP contribution in [-0.4, -0.2) is 53.7 Å². The van der Waals surface area contributed by atoms with Crippen molar-refractivity contribution in [3.63, 3.8) is 0 Å². The van der Waals surface area contributed by atoms with Crippen LogP contribution in [0.15, 0.2) is 24.3 Å². The molecule has 1 aromatic rings. The zero-order valence-electron chi connectivity index (χ0n) is 13.9. The van der Waals surface area contributed by atoms with E-state index in [0.717, 1.165) is 32.6 Å². The lowest BCUT2D eigenvalue weighted by atomic mass is 10.1. The molecule has 126 valence electrons. The number of ketones is 1. The number of Topliss-reactive ketones (excluding diaryl/α,β-unsaturated/α-hetero) is 1. The molecule has 0 unspecified atom stereocenters. The molecule has 23 heavy (non-hydrogen) atoms. The monoisotopic (exact) mass is 336 g/mol. The van der Waals surface area contributed by atoms with E-state index >= 15 is 0 Å². The Labute approximate surface area is 143 Å². The zero-order valence-corrected chi connectivity index (χ0v) is 14.7. The van der Waals surface area contributed by atoms with E-state index in [2.05, 4.69) is 18.7 Å². The molecule has 0 spiro atoms. The second-order valence-electron chi connectivity index (χ2n) is 6.29. The van der Waals surface area contributed by atoms with Crippen molar-refractivity contribution in [3.8, 4) is 0 Å². The van der Waals surface area contributed by atoms with Gasteiger partial charge in [0.15, 0.2) is 5.78 Å². The Balaban J connectivity index is 1.82. The highest BCUT2D eigenvalue weighted by atomic mass is 35.5. The standard InChI is InChI=1S/C18H25ClN2O2/c1-14(2)20-10-3-11-21(13-12-20)18(23)9-8-17(22)15-4-6-16(19)7-5-15/h4-7,14H,3,8-13H2,1-2H3. The van der Waals surface area contributed by atoms with Crippen molar-refractivity contribution < 1.29 is 9.59 Å². The summed E-state index contributed by atoms with van der Waals surface area (Å²) in [6.45, 7) is 7.85. The molecule has 0 saturated carbocycles. The molecule has 1 fully saturated rings. The van der Waals surface area contributed by atoms with Crippen LogP contribution in [0.25, 0.3) is 0 Å². The summed E-state index contributed by atoms with van der Waals surface area (Å²) in [5.74, 6) is 0.0755. The minimum atomic E-state index is -0.00588. The number of hydrogen-bond acceptors (Lipinski definition) is 3. The van der Waals surface area contributed by atoms with E-state index in [4.69, 9.17) is 11.6 Å². The van der Waals surface area contributed by atoms with Crippen molar-refractivity contribution in [1.29, 1.82) is 0 Å². The first-order valence-corrected chi connectivity index (χ1v) is 8.66. The Kier molecular flexibility index (Phi) is 6.60. The van der Waals surface area contributed by atoms with Gasteiger partial charge in [-0.15, -0.1) is 0 Å². The molecule has 0 radical (unpaired) electrons. The van der Waals surface area contributed by atoms with Gasteiger partial charge in [-0.2, -0.15) is 0 Å². The molecule has 0 atom stereocenters. The van der Waals surface area contributed by atoms with E-state index in [9.17, 15) is 9.59 Å². The lowest BCUT2D eigenvalue weighted by molar-refractivity contribution is -0.131. The molecule has 0 aliphatic carbocycles. The number of rotatable bonds is 5. The summed E-state index contributed by atoms with van der Waals surface area (Å²) >= 11 is 5.82. The molecule has 5 heteroatoms. The van der Waals surface area contributed by atoms with Crippen LogP contribution in [0.5, 0.6) is 0 Å². The summed E-state index contributed by atoms with van der Waals surface area (Å²) in [5, 5.41) is 0.608. The van der Waals surface area contributed by atoms with Crippen molar-refractivity contribution in [2.75, 3.05) is 26.2 Å². The molecule has 1 heterocycles. The average Bonchev–Trinajstić information content (AvgIpc) is 2.79. The molecule has 0 N–H and O–H groups in total. The van der Waals surface area contributed by atoms with Gasteiger partial charge < -0.3 is 4.90 Å². The van der Waals surface area contributed by atoms with Gasteiger partial charge in [0.05, 0.1) is 0 Å². The molecule has 1 aliphatic rings. The third-order valence-electron chi connectivity index (χ3n) is 4.35. The number of carbonyl (C=O) groups excluding carboxylic acids is 2. The maximum Gasteiger partial charge on any atom is 0.223 e. The summed E-state index contributed by atoms with van der Waals surface area (Å²) in [6.07, 6.45) is 1.53. The summed E-state index contributed by atoms with van der Waals surface area (Å²) in [7, 11) is 0. The van der Waals surface area contributed by atoms with Crippen LogP contribution >= 0.6 is 11.6 Å². The van der Waals surface area contributed by atoms with Gasteiger partial charge in [-0.25, -0.2) is 0 Å². The predicted molar refractivity (Wildman–Crippen MR) is 92.9 cm³/mol. The lowest BCUT2D eigenvalue weighted by Gasteiger charge is -2.24. The number of nitrogens with zero attached hydrogens (tertiary/aromatic N) is 2. The van der Waals surface area contributed by atoms with Crippen molar-refractivity contribution in [1.82, 2.24) is 9.80 Å². The van der Waals surface area contributed by atoms with Gasteiger partial charge in [0.1, 0.15) is 0 Å². The maximum absolute atomic E-state index is 12.4. The summed E-state index contributed by atoms with van der Waals surface area (Å²) < 4.78 is 0. The Morgan fingerprint density at radius 3 is 2.39 bits per heavy atom. The van der Waals surface area contributed by atoms with Crippen LogP contribution in [0.1, 0.15) is 43.5 Å². The van der Waals surface area contributed by atoms with Gasteiger partial charge in [0.25, 0.3) is 0 Å². The van der Waals surface area contributed by atoms with Gasteiger partial charge >= 0.3 is 0 Å². The summed E-state index contributed by atoms with van der Waals surface area (Å²) in [4.78, 5) is 28.8. The Morgan fingerprint density at radius 2 is 1.74 bits per heavy atom. The SMILES string of the molecule is CC(C)N1CCCN(C(=O)CCC(=O)c2ccc(Cl)cc2)CC1. The Hall–Kier alpha value is -1.39. The van der Waals surface area contributed by atoms with Gasteiger partial charge in [0.2, 0.25) is 5.91 Å². The quantitative estimate of drug-likeness (QED) is 0.775. The van der Waals surface area contributed by atoms with Crippen molar-refractivity contribution in [2.45, 2.75) is 39.2 Å². The average molecular weight is 337 g/mol. The minimum Gasteiger partial charge on any atom is -0.341 e. The molecular formula is C18H25ClN2O2. The molecular weight excluding hydrogens is 312 g/mol. The topological polar surface area (TPSA) is 40.6 Å². The van der Waals surface area contributed by atoms with Crippen LogP contribution in [0, 0.1) is 0 Å². The molecule has 0 aromatic heterocycles. The lowest BCUT2D eigenvalue weighted by Crippen LogP contribution is -2.37. The number of benzene rings is 1. The van der Waals surface area contributed by atoms with Crippen molar-refractivity contribution in [2.24, 2.45) is 0 Å². The Morgan fingerprint density at radius 1 is 1.04 bits per heavy atom. The third-order valence-corrected chi connectivity index (χ3v) is 4.60. The van der Waals surface area contributed by atoms with E-state index in [1.165, 1.54) is 0 Å². The van der Waals surface area contributed by atoms with Crippen molar-refractivity contribution >= 4 is 23.3 Å². The van der Waals surface area contributed by atoms with E-state index in [1.807, 2.05) is 4.90 Å². The molecule has 4 nitrogen and oxygen atoms in total. The smallest absolute Gasteiger partial charge is 0.223 e. The second kappa shape index (κ2) is 8.46. The highest BCUT2D eigenvalue weighted by Crippen LogP contribution is 2.13. The van der Waals surface area contributed by atoms with E-state index in [-0.39, 0.29) is 24.5 Å². The van der Waals surface area contributed by atoms with Crippen LogP contribution in [0.2, 0.25) is 5.02 Å². The number of hydrogen-bond donors (Lipinski definition) is 0. The molecule has 1 amide bonds. The molecule has 0 bridgehead atoms. The normalized spacial score (nSPS) is 16.4. The maximum atomic E-state index is 12.4. The fourth-order valence-corrected chi connectivity index (χ4v) is 2.99. The van der Waals surface area contributed by atoms with Crippen molar-refractivity contribution in [3.05, 3.63) is 34.9 Å². The first-order chi connectivity index (χ1) is 11.0. The summed E-state index contributed by atoms with van der Waals surface area (Å²) in [5.41, 5.74) is 0.615. The van der Waals surface area contributed by atoms with Gasteiger partial charge in [-0.1, -0.05) is 11.6 Å². The first kappa shape index (κ1) is 18.0. The van der Waals surface area contributed by atoms with E-state index in [0.29, 0.717) is 16.6 Å².